The second-order valence-electron chi connectivity index (χ2n) is 7.33. The molecular weight excluding hydrogens is 376 g/mol. The largest absolute Gasteiger partial charge is 0.466 e. The molecule has 28 heavy (non-hydrogen) atoms. The van der Waals surface area contributed by atoms with E-state index in [2.05, 4.69) is 0 Å². The van der Waals surface area contributed by atoms with Crippen LogP contribution in [0.5, 0.6) is 5.75 Å². The number of halogens is 1. The van der Waals surface area contributed by atoms with E-state index >= 15 is 0 Å². The van der Waals surface area contributed by atoms with Gasteiger partial charge >= 0.3 is 11.9 Å². The number of rotatable bonds is 7. The van der Waals surface area contributed by atoms with Crippen LogP contribution in [0, 0.1) is 19.8 Å². The normalized spacial score (nSPS) is 12.0. The van der Waals surface area contributed by atoms with Gasteiger partial charge in [-0.3, -0.25) is 4.79 Å². The van der Waals surface area contributed by atoms with Crippen molar-refractivity contribution in [1.29, 1.82) is 0 Å². The van der Waals surface area contributed by atoms with Gasteiger partial charge < -0.3 is 9.47 Å². The molecule has 0 saturated heterocycles. The summed E-state index contributed by atoms with van der Waals surface area (Å²) < 4.78 is 11.1. The summed E-state index contributed by atoms with van der Waals surface area (Å²) in [5.74, 6) is -0.634. The summed E-state index contributed by atoms with van der Waals surface area (Å²) in [6.45, 7) is 10.0. The lowest BCUT2D eigenvalue weighted by atomic mass is 9.87. The van der Waals surface area contributed by atoms with Gasteiger partial charge in [-0.1, -0.05) is 49.2 Å². The molecule has 1 atom stereocenters. The van der Waals surface area contributed by atoms with E-state index in [0.29, 0.717) is 34.9 Å². The maximum Gasteiger partial charge on any atom is 0.343 e. The fraction of sp³-hybridized carbons (Fsp3) is 0.391. The minimum Gasteiger partial charge on any atom is -0.466 e. The van der Waals surface area contributed by atoms with Crippen LogP contribution in [-0.4, -0.2) is 18.5 Å². The van der Waals surface area contributed by atoms with Crippen LogP contribution in [-0.2, 0) is 9.53 Å². The molecular formula is C23H27ClO4. The monoisotopic (exact) mass is 402 g/mol. The smallest absolute Gasteiger partial charge is 0.343 e. The van der Waals surface area contributed by atoms with Gasteiger partial charge in [-0.2, -0.15) is 0 Å². The number of esters is 2. The third-order valence-corrected chi connectivity index (χ3v) is 4.59. The number of hydrogen-bond donors (Lipinski definition) is 0. The third-order valence-electron chi connectivity index (χ3n) is 4.36. The number of aryl methyl sites for hydroxylation is 2. The molecule has 0 aromatic heterocycles. The molecule has 4 nitrogen and oxygen atoms in total. The minimum atomic E-state index is -0.511. The topological polar surface area (TPSA) is 52.6 Å². The summed E-state index contributed by atoms with van der Waals surface area (Å²) in [5.41, 5.74) is 2.83. The van der Waals surface area contributed by atoms with E-state index in [-0.39, 0.29) is 11.9 Å². The second kappa shape index (κ2) is 9.74. The Labute approximate surface area is 171 Å². The molecule has 1 unspecified atom stereocenters. The zero-order valence-corrected chi connectivity index (χ0v) is 17.8. The van der Waals surface area contributed by atoms with Crippen molar-refractivity contribution in [3.63, 3.8) is 0 Å². The summed E-state index contributed by atoms with van der Waals surface area (Å²) in [5, 5.41) is 0.458. The minimum absolute atomic E-state index is 0.270. The fourth-order valence-electron chi connectivity index (χ4n) is 3.22. The Kier molecular flexibility index (Phi) is 7.64. The maximum atomic E-state index is 12.7. The van der Waals surface area contributed by atoms with Gasteiger partial charge in [0.2, 0.25) is 0 Å². The molecule has 0 amide bonds. The van der Waals surface area contributed by atoms with Crippen LogP contribution in [0.25, 0.3) is 0 Å². The van der Waals surface area contributed by atoms with Crippen molar-refractivity contribution in [3.8, 4) is 5.75 Å². The van der Waals surface area contributed by atoms with Crippen LogP contribution in [0.15, 0.2) is 36.4 Å². The first-order valence-electron chi connectivity index (χ1n) is 9.48. The highest BCUT2D eigenvalue weighted by molar-refractivity contribution is 6.30. The Morgan fingerprint density at radius 1 is 1.11 bits per heavy atom. The van der Waals surface area contributed by atoms with Gasteiger partial charge in [0, 0.05) is 10.6 Å². The van der Waals surface area contributed by atoms with Crippen LogP contribution in [0.4, 0.5) is 0 Å². The van der Waals surface area contributed by atoms with E-state index in [0.717, 1.165) is 11.1 Å². The van der Waals surface area contributed by atoms with Crippen molar-refractivity contribution in [2.75, 3.05) is 6.61 Å². The van der Waals surface area contributed by atoms with E-state index in [4.69, 9.17) is 21.1 Å². The Bertz CT molecular complexity index is 858. The fourth-order valence-corrected chi connectivity index (χ4v) is 3.41. The summed E-state index contributed by atoms with van der Waals surface area (Å²) in [4.78, 5) is 25.4. The van der Waals surface area contributed by atoms with Crippen molar-refractivity contribution < 1.29 is 19.1 Å². The number of carbonyl (C=O) groups is 2. The average Bonchev–Trinajstić information content (AvgIpc) is 2.61. The van der Waals surface area contributed by atoms with Crippen LogP contribution in [0.3, 0.4) is 0 Å². The molecule has 2 aromatic carbocycles. The summed E-state index contributed by atoms with van der Waals surface area (Å²) in [6, 6.07) is 10.4. The second-order valence-corrected chi connectivity index (χ2v) is 7.77. The predicted molar refractivity (Wildman–Crippen MR) is 111 cm³/mol. The van der Waals surface area contributed by atoms with Crippen molar-refractivity contribution in [3.05, 3.63) is 63.7 Å². The van der Waals surface area contributed by atoms with Gasteiger partial charge in [-0.15, -0.1) is 0 Å². The van der Waals surface area contributed by atoms with Gasteiger partial charge in [0.25, 0.3) is 0 Å². The van der Waals surface area contributed by atoms with E-state index < -0.39 is 11.9 Å². The van der Waals surface area contributed by atoms with Crippen LogP contribution >= 0.6 is 11.6 Å². The number of benzene rings is 2. The molecule has 0 saturated carbocycles. The highest BCUT2D eigenvalue weighted by Gasteiger charge is 2.28. The van der Waals surface area contributed by atoms with E-state index in [1.165, 1.54) is 0 Å². The summed E-state index contributed by atoms with van der Waals surface area (Å²) >= 11 is 5.99. The molecule has 5 heteroatoms. The average molecular weight is 403 g/mol. The molecule has 2 rings (SSSR count). The zero-order valence-electron chi connectivity index (χ0n) is 17.0. The van der Waals surface area contributed by atoms with Gasteiger partial charge in [-0.05, 0) is 56.9 Å². The zero-order chi connectivity index (χ0) is 20.8. The molecule has 0 radical (unpaired) electrons. The molecule has 0 bridgehead atoms. The maximum absolute atomic E-state index is 12.7. The van der Waals surface area contributed by atoms with Crippen molar-refractivity contribution >= 4 is 23.5 Å². The molecule has 2 aromatic rings. The molecule has 0 heterocycles. The lowest BCUT2D eigenvalue weighted by molar-refractivity contribution is -0.145. The van der Waals surface area contributed by atoms with Gasteiger partial charge in [0.1, 0.15) is 5.75 Å². The number of ether oxygens (including phenoxy) is 2. The Balaban J connectivity index is 2.48. The summed E-state index contributed by atoms with van der Waals surface area (Å²) in [6.07, 6.45) is 0.601. The van der Waals surface area contributed by atoms with Gasteiger partial charge in [-0.25, -0.2) is 4.79 Å². The Hall–Kier alpha value is -2.33. The van der Waals surface area contributed by atoms with E-state index in [9.17, 15) is 9.59 Å². The standard InChI is InChI=1S/C23H27ClO4/c1-6-27-23(26)20(10-14(2)3)19-12-15(4)11-16(5)21(19)28-22(25)17-8-7-9-18(24)13-17/h7-9,11-14,20H,6,10H2,1-5H3. The van der Waals surface area contributed by atoms with Crippen molar-refractivity contribution in [2.24, 2.45) is 5.92 Å². The highest BCUT2D eigenvalue weighted by atomic mass is 35.5. The molecule has 0 spiro atoms. The van der Waals surface area contributed by atoms with Crippen LogP contribution in [0.2, 0.25) is 5.02 Å². The number of carbonyl (C=O) groups excluding carboxylic acids is 2. The number of hydrogen-bond acceptors (Lipinski definition) is 4. The third kappa shape index (κ3) is 5.59. The molecule has 0 N–H and O–H groups in total. The first kappa shape index (κ1) is 22.0. The lowest BCUT2D eigenvalue weighted by Crippen LogP contribution is -2.20. The highest BCUT2D eigenvalue weighted by Crippen LogP contribution is 2.36. The van der Waals surface area contributed by atoms with Crippen molar-refractivity contribution in [2.45, 2.75) is 47.0 Å². The molecule has 0 aliphatic heterocycles. The first-order valence-corrected chi connectivity index (χ1v) is 9.86. The SMILES string of the molecule is CCOC(=O)C(CC(C)C)c1cc(C)cc(C)c1OC(=O)c1cccc(Cl)c1. The van der Waals surface area contributed by atoms with E-state index in [1.807, 2.05) is 39.8 Å². The molecule has 150 valence electrons. The van der Waals surface area contributed by atoms with Gasteiger partial charge in [0.15, 0.2) is 0 Å². The Morgan fingerprint density at radius 2 is 1.82 bits per heavy atom. The molecule has 0 fully saturated rings. The Morgan fingerprint density at radius 3 is 2.43 bits per heavy atom. The van der Waals surface area contributed by atoms with Crippen LogP contribution in [0.1, 0.15) is 60.2 Å². The quantitative estimate of drug-likeness (QED) is 0.429. The van der Waals surface area contributed by atoms with Gasteiger partial charge in [0.05, 0.1) is 18.1 Å². The molecule has 0 aliphatic rings. The lowest BCUT2D eigenvalue weighted by Gasteiger charge is -2.22. The van der Waals surface area contributed by atoms with Crippen LogP contribution < -0.4 is 4.74 Å². The van der Waals surface area contributed by atoms with Crippen molar-refractivity contribution in [1.82, 2.24) is 0 Å². The summed E-state index contributed by atoms with van der Waals surface area (Å²) in [7, 11) is 0. The first-order chi connectivity index (χ1) is 13.2. The predicted octanol–water partition coefficient (Wildman–Crippen LogP) is 5.87. The molecule has 0 aliphatic carbocycles. The van der Waals surface area contributed by atoms with E-state index in [1.54, 1.807) is 31.2 Å².